The summed E-state index contributed by atoms with van der Waals surface area (Å²) in [5, 5.41) is 29.2. The van der Waals surface area contributed by atoms with Crippen LogP contribution in [-0.4, -0.2) is 22.4 Å². The van der Waals surface area contributed by atoms with Gasteiger partial charge in [0.1, 0.15) is 22.5 Å². The zero-order valence-corrected chi connectivity index (χ0v) is 11.5. The van der Waals surface area contributed by atoms with Gasteiger partial charge in [-0.3, -0.25) is 4.79 Å². The number of phenols is 3. The van der Waals surface area contributed by atoms with Gasteiger partial charge in [0.25, 0.3) is 0 Å². The third-order valence-corrected chi connectivity index (χ3v) is 3.26. The highest BCUT2D eigenvalue weighted by Gasteiger charge is 2.18. The van der Waals surface area contributed by atoms with Crippen LogP contribution in [0.2, 0.25) is 0 Å². The van der Waals surface area contributed by atoms with Crippen molar-refractivity contribution in [3.8, 4) is 34.3 Å². The van der Waals surface area contributed by atoms with Crippen LogP contribution in [-0.2, 0) is 0 Å². The minimum Gasteiger partial charge on any atom is -0.508 e. The van der Waals surface area contributed by atoms with Crippen molar-refractivity contribution in [3.63, 3.8) is 0 Å². The average molecular weight is 300 g/mol. The van der Waals surface area contributed by atoms with Crippen LogP contribution in [0.1, 0.15) is 0 Å². The van der Waals surface area contributed by atoms with Crippen molar-refractivity contribution in [2.75, 3.05) is 7.11 Å². The quantitative estimate of drug-likeness (QED) is 0.672. The van der Waals surface area contributed by atoms with Crippen LogP contribution in [0.3, 0.4) is 0 Å². The highest BCUT2D eigenvalue weighted by atomic mass is 16.5. The van der Waals surface area contributed by atoms with Gasteiger partial charge < -0.3 is 24.5 Å². The van der Waals surface area contributed by atoms with E-state index in [4.69, 9.17) is 9.15 Å². The van der Waals surface area contributed by atoms with Gasteiger partial charge in [-0.25, -0.2) is 0 Å². The van der Waals surface area contributed by atoms with Gasteiger partial charge in [0.15, 0.2) is 16.9 Å². The summed E-state index contributed by atoms with van der Waals surface area (Å²) in [4.78, 5) is 12.2. The first-order chi connectivity index (χ1) is 10.5. The van der Waals surface area contributed by atoms with Gasteiger partial charge in [-0.05, 0) is 12.1 Å². The molecule has 0 aliphatic rings. The molecule has 22 heavy (non-hydrogen) atoms. The van der Waals surface area contributed by atoms with E-state index >= 15 is 0 Å². The lowest BCUT2D eigenvalue weighted by Crippen LogP contribution is -2.01. The fraction of sp³-hybridized carbons (Fsp3) is 0.0625. The molecule has 0 unspecified atom stereocenters. The van der Waals surface area contributed by atoms with Crippen LogP contribution < -0.4 is 10.2 Å². The van der Waals surface area contributed by atoms with E-state index in [-0.39, 0.29) is 34.0 Å². The van der Waals surface area contributed by atoms with E-state index in [1.165, 1.54) is 31.4 Å². The Morgan fingerprint density at radius 2 is 1.86 bits per heavy atom. The van der Waals surface area contributed by atoms with E-state index < -0.39 is 11.2 Å². The summed E-state index contributed by atoms with van der Waals surface area (Å²) in [5.41, 5.74) is 0.0193. The monoisotopic (exact) mass is 300 g/mol. The molecular formula is C16H12O6. The number of aromatic hydroxyl groups is 3. The zero-order chi connectivity index (χ0) is 15.9. The molecule has 1 heterocycles. The first kappa shape index (κ1) is 13.8. The predicted molar refractivity (Wildman–Crippen MR) is 79.5 cm³/mol. The Balaban J connectivity index is 2.32. The Morgan fingerprint density at radius 1 is 1.09 bits per heavy atom. The SMILES string of the molecule is COc1c(O)cc2oc(-c3cccc(O)c3)cc(=O)c2c1O. The maximum atomic E-state index is 12.2. The minimum atomic E-state index is -0.490. The Bertz CT molecular complexity index is 926. The van der Waals surface area contributed by atoms with Crippen LogP contribution in [0.25, 0.3) is 22.3 Å². The molecular weight excluding hydrogens is 288 g/mol. The second-order valence-corrected chi connectivity index (χ2v) is 4.68. The van der Waals surface area contributed by atoms with Gasteiger partial charge in [0.2, 0.25) is 5.75 Å². The van der Waals surface area contributed by atoms with Gasteiger partial charge in [-0.1, -0.05) is 12.1 Å². The number of hydrogen-bond donors (Lipinski definition) is 3. The Hall–Kier alpha value is -3.15. The van der Waals surface area contributed by atoms with E-state index in [9.17, 15) is 20.1 Å². The van der Waals surface area contributed by atoms with Crippen molar-refractivity contribution in [1.29, 1.82) is 0 Å². The molecule has 3 rings (SSSR count). The molecule has 112 valence electrons. The zero-order valence-electron chi connectivity index (χ0n) is 11.5. The lowest BCUT2D eigenvalue weighted by Gasteiger charge is -2.09. The molecule has 3 aromatic rings. The number of rotatable bonds is 2. The molecule has 0 bridgehead atoms. The first-order valence-corrected chi connectivity index (χ1v) is 6.37. The molecule has 1 aromatic heterocycles. The van der Waals surface area contributed by atoms with Crippen molar-refractivity contribution in [3.05, 3.63) is 46.6 Å². The molecule has 0 saturated carbocycles. The highest BCUT2D eigenvalue weighted by molar-refractivity contribution is 5.89. The van der Waals surface area contributed by atoms with Gasteiger partial charge in [0, 0.05) is 17.7 Å². The molecule has 0 radical (unpaired) electrons. The van der Waals surface area contributed by atoms with Gasteiger partial charge in [-0.15, -0.1) is 0 Å². The maximum absolute atomic E-state index is 12.2. The maximum Gasteiger partial charge on any atom is 0.203 e. The number of fused-ring (bicyclic) bond motifs is 1. The smallest absolute Gasteiger partial charge is 0.203 e. The minimum absolute atomic E-state index is 0.0154. The summed E-state index contributed by atoms with van der Waals surface area (Å²) in [6, 6.07) is 8.60. The molecule has 0 spiro atoms. The van der Waals surface area contributed by atoms with E-state index in [1.54, 1.807) is 12.1 Å². The number of methoxy groups -OCH3 is 1. The van der Waals surface area contributed by atoms with Crippen molar-refractivity contribution < 1.29 is 24.5 Å². The van der Waals surface area contributed by atoms with Gasteiger partial charge >= 0.3 is 0 Å². The third-order valence-electron chi connectivity index (χ3n) is 3.26. The molecule has 0 atom stereocenters. The number of benzene rings is 2. The average Bonchev–Trinajstić information content (AvgIpc) is 2.46. The van der Waals surface area contributed by atoms with Gasteiger partial charge in [0.05, 0.1) is 7.11 Å². The largest absolute Gasteiger partial charge is 0.508 e. The summed E-state index contributed by atoms with van der Waals surface area (Å²) in [7, 11) is 1.27. The van der Waals surface area contributed by atoms with E-state index in [0.29, 0.717) is 5.56 Å². The van der Waals surface area contributed by atoms with Crippen LogP contribution in [0.4, 0.5) is 0 Å². The second-order valence-electron chi connectivity index (χ2n) is 4.68. The van der Waals surface area contributed by atoms with Crippen LogP contribution in [0, 0.1) is 0 Å². The standard InChI is InChI=1S/C16H12O6/c1-21-16-11(19)7-13-14(15(16)20)10(18)6-12(22-13)8-3-2-4-9(17)5-8/h2-7,17,19-20H,1H3. The predicted octanol–water partition coefficient (Wildman–Crippen LogP) is 2.59. The molecule has 6 nitrogen and oxygen atoms in total. The Morgan fingerprint density at radius 3 is 2.55 bits per heavy atom. The normalized spacial score (nSPS) is 10.8. The molecule has 0 aliphatic heterocycles. The highest BCUT2D eigenvalue weighted by Crippen LogP contribution is 2.41. The van der Waals surface area contributed by atoms with Crippen LogP contribution in [0.15, 0.2) is 45.6 Å². The molecule has 0 saturated heterocycles. The molecule has 0 amide bonds. The van der Waals surface area contributed by atoms with Crippen molar-refractivity contribution in [2.45, 2.75) is 0 Å². The lowest BCUT2D eigenvalue weighted by molar-refractivity contribution is 0.346. The number of phenolic OH excluding ortho intramolecular Hbond substituents is 3. The van der Waals surface area contributed by atoms with Crippen molar-refractivity contribution in [2.24, 2.45) is 0 Å². The Labute approximate surface area is 124 Å². The molecule has 6 heteroatoms. The summed E-state index contributed by atoms with van der Waals surface area (Å²) in [5.74, 6) is -0.777. The third kappa shape index (κ3) is 2.10. The summed E-state index contributed by atoms with van der Waals surface area (Å²) >= 11 is 0. The summed E-state index contributed by atoms with van der Waals surface area (Å²) in [6.07, 6.45) is 0. The van der Waals surface area contributed by atoms with E-state index in [1.807, 2.05) is 0 Å². The molecule has 3 N–H and O–H groups in total. The summed E-state index contributed by atoms with van der Waals surface area (Å²) < 4.78 is 10.4. The van der Waals surface area contributed by atoms with Crippen molar-refractivity contribution >= 4 is 11.0 Å². The van der Waals surface area contributed by atoms with Crippen LogP contribution in [0.5, 0.6) is 23.0 Å². The fourth-order valence-corrected chi connectivity index (χ4v) is 2.27. The molecule has 0 fully saturated rings. The Kier molecular flexibility index (Phi) is 3.14. The molecule has 0 aliphatic carbocycles. The second kappa shape index (κ2) is 5.00. The van der Waals surface area contributed by atoms with E-state index in [2.05, 4.69) is 0 Å². The van der Waals surface area contributed by atoms with E-state index in [0.717, 1.165) is 0 Å². The number of hydrogen-bond acceptors (Lipinski definition) is 6. The topological polar surface area (TPSA) is 100 Å². The fourth-order valence-electron chi connectivity index (χ4n) is 2.27. The first-order valence-electron chi connectivity index (χ1n) is 6.37. The van der Waals surface area contributed by atoms with Gasteiger partial charge in [-0.2, -0.15) is 0 Å². The lowest BCUT2D eigenvalue weighted by atomic mass is 10.1. The van der Waals surface area contributed by atoms with Crippen LogP contribution >= 0.6 is 0 Å². The van der Waals surface area contributed by atoms with Crippen molar-refractivity contribution in [1.82, 2.24) is 0 Å². The molecule has 2 aromatic carbocycles. The summed E-state index contributed by atoms with van der Waals surface area (Å²) in [6.45, 7) is 0. The number of ether oxygens (including phenoxy) is 1.